The van der Waals surface area contributed by atoms with Gasteiger partial charge in [-0.25, -0.2) is 4.98 Å². The molecule has 2 N–H and O–H groups in total. The smallest absolute Gasteiger partial charge is 0.277 e. The zero-order valence-electron chi connectivity index (χ0n) is 14.4. The molecule has 2 aromatic carbocycles. The molecule has 0 saturated carbocycles. The van der Waals surface area contributed by atoms with Gasteiger partial charge >= 0.3 is 0 Å². The molecule has 0 aliphatic heterocycles. The Morgan fingerprint density at radius 3 is 2.31 bits per heavy atom. The van der Waals surface area contributed by atoms with Crippen LogP contribution in [0.2, 0.25) is 0 Å². The highest BCUT2D eigenvalue weighted by atomic mass is 16.1. The molecule has 0 bridgehead atoms. The van der Waals surface area contributed by atoms with Crippen molar-refractivity contribution in [3.8, 4) is 0 Å². The SMILES string of the molecule is Cc1nc2nc(NCc3ccccc3)[nH]n2c(=O)c1Cc1ccccc1. The lowest BCUT2D eigenvalue weighted by molar-refractivity contribution is 0.857. The number of aromatic amines is 1. The van der Waals surface area contributed by atoms with Crippen molar-refractivity contribution >= 4 is 11.7 Å². The first-order chi connectivity index (χ1) is 12.7. The fourth-order valence-corrected chi connectivity index (χ4v) is 2.92. The summed E-state index contributed by atoms with van der Waals surface area (Å²) in [4.78, 5) is 21.7. The largest absolute Gasteiger partial charge is 0.351 e. The van der Waals surface area contributed by atoms with E-state index < -0.39 is 0 Å². The van der Waals surface area contributed by atoms with Gasteiger partial charge in [0.05, 0.1) is 5.69 Å². The van der Waals surface area contributed by atoms with Crippen molar-refractivity contribution in [2.45, 2.75) is 19.9 Å². The monoisotopic (exact) mass is 345 g/mol. The van der Waals surface area contributed by atoms with E-state index in [1.165, 1.54) is 4.52 Å². The number of fused-ring (bicyclic) bond motifs is 1. The second kappa shape index (κ2) is 6.84. The minimum absolute atomic E-state index is 0.114. The Balaban J connectivity index is 1.63. The van der Waals surface area contributed by atoms with Crippen LogP contribution in [0, 0.1) is 6.92 Å². The number of nitrogens with one attached hydrogen (secondary N) is 2. The van der Waals surface area contributed by atoms with Gasteiger partial charge in [-0.05, 0) is 18.1 Å². The Morgan fingerprint density at radius 2 is 1.62 bits per heavy atom. The van der Waals surface area contributed by atoms with E-state index in [4.69, 9.17) is 0 Å². The van der Waals surface area contributed by atoms with Gasteiger partial charge in [-0.2, -0.15) is 9.50 Å². The summed E-state index contributed by atoms with van der Waals surface area (Å²) < 4.78 is 1.40. The van der Waals surface area contributed by atoms with Crippen molar-refractivity contribution in [2.75, 3.05) is 5.32 Å². The average molecular weight is 345 g/mol. The molecule has 4 rings (SSSR count). The summed E-state index contributed by atoms with van der Waals surface area (Å²) in [6.07, 6.45) is 0.549. The van der Waals surface area contributed by atoms with E-state index in [0.717, 1.165) is 11.1 Å². The van der Waals surface area contributed by atoms with E-state index in [1.54, 1.807) is 0 Å². The van der Waals surface area contributed by atoms with Crippen molar-refractivity contribution in [1.82, 2.24) is 19.6 Å². The first-order valence-electron chi connectivity index (χ1n) is 8.50. The number of aromatic nitrogens is 4. The average Bonchev–Trinajstić information content (AvgIpc) is 3.08. The second-order valence-electron chi connectivity index (χ2n) is 6.19. The highest BCUT2D eigenvalue weighted by Gasteiger charge is 2.13. The quantitative estimate of drug-likeness (QED) is 0.583. The summed E-state index contributed by atoms with van der Waals surface area (Å²) in [5.74, 6) is 0.898. The summed E-state index contributed by atoms with van der Waals surface area (Å²) in [6, 6.07) is 19.9. The molecule has 0 spiro atoms. The number of hydrogen-bond donors (Lipinski definition) is 2. The van der Waals surface area contributed by atoms with Gasteiger partial charge in [0, 0.05) is 18.5 Å². The summed E-state index contributed by atoms with van der Waals surface area (Å²) in [5, 5.41) is 6.21. The molecule has 4 aromatic rings. The zero-order chi connectivity index (χ0) is 17.9. The number of anilines is 1. The minimum atomic E-state index is -0.114. The fraction of sp³-hybridized carbons (Fsp3) is 0.150. The normalized spacial score (nSPS) is 11.0. The molecule has 0 atom stereocenters. The van der Waals surface area contributed by atoms with Gasteiger partial charge in [0.1, 0.15) is 0 Å². The molecular formula is C20H19N5O. The number of nitrogens with zero attached hydrogens (tertiary/aromatic N) is 3. The van der Waals surface area contributed by atoms with E-state index in [0.29, 0.717) is 35.9 Å². The molecule has 6 heteroatoms. The van der Waals surface area contributed by atoms with E-state index in [1.807, 2.05) is 67.6 Å². The highest BCUT2D eigenvalue weighted by Crippen LogP contribution is 2.11. The van der Waals surface area contributed by atoms with Gasteiger partial charge in [-0.15, -0.1) is 0 Å². The molecule has 2 heterocycles. The number of benzene rings is 2. The van der Waals surface area contributed by atoms with E-state index >= 15 is 0 Å². The number of H-pyrrole nitrogens is 1. The maximum Gasteiger partial charge on any atom is 0.277 e. The van der Waals surface area contributed by atoms with Gasteiger partial charge in [0.2, 0.25) is 5.95 Å². The predicted octanol–water partition coefficient (Wildman–Crippen LogP) is 2.93. The maximum absolute atomic E-state index is 12.9. The van der Waals surface area contributed by atoms with Crippen LogP contribution in [0.15, 0.2) is 65.5 Å². The van der Waals surface area contributed by atoms with E-state index in [9.17, 15) is 4.79 Å². The molecule has 6 nitrogen and oxygen atoms in total. The molecule has 130 valence electrons. The topological polar surface area (TPSA) is 75.1 Å². The Labute approximate surface area is 150 Å². The van der Waals surface area contributed by atoms with Crippen LogP contribution in [-0.4, -0.2) is 19.6 Å². The molecular weight excluding hydrogens is 326 g/mol. The van der Waals surface area contributed by atoms with Crippen molar-refractivity contribution < 1.29 is 0 Å². The third-order valence-electron chi connectivity index (χ3n) is 4.32. The van der Waals surface area contributed by atoms with Crippen LogP contribution in [0.4, 0.5) is 5.95 Å². The Morgan fingerprint density at radius 1 is 0.962 bits per heavy atom. The molecule has 0 fully saturated rings. The van der Waals surface area contributed by atoms with Crippen molar-refractivity contribution in [2.24, 2.45) is 0 Å². The lowest BCUT2D eigenvalue weighted by Gasteiger charge is -2.04. The predicted molar refractivity (Wildman–Crippen MR) is 101 cm³/mol. The Bertz CT molecular complexity index is 1080. The van der Waals surface area contributed by atoms with Crippen LogP contribution in [0.1, 0.15) is 22.4 Å². The second-order valence-corrected chi connectivity index (χ2v) is 6.19. The Hall–Kier alpha value is -3.41. The molecule has 0 aliphatic rings. The van der Waals surface area contributed by atoms with Crippen molar-refractivity contribution in [3.63, 3.8) is 0 Å². The van der Waals surface area contributed by atoms with Gasteiger partial charge in [-0.3, -0.25) is 9.89 Å². The zero-order valence-corrected chi connectivity index (χ0v) is 14.4. The van der Waals surface area contributed by atoms with Crippen LogP contribution < -0.4 is 10.9 Å². The molecule has 0 radical (unpaired) electrons. The number of hydrogen-bond acceptors (Lipinski definition) is 4. The van der Waals surface area contributed by atoms with Crippen LogP contribution in [0.5, 0.6) is 0 Å². The third-order valence-corrected chi connectivity index (χ3v) is 4.32. The molecule has 0 saturated heterocycles. The van der Waals surface area contributed by atoms with Crippen LogP contribution in [0.3, 0.4) is 0 Å². The van der Waals surface area contributed by atoms with E-state index in [2.05, 4.69) is 20.4 Å². The summed E-state index contributed by atoms with van der Waals surface area (Å²) in [6.45, 7) is 2.47. The standard InChI is InChI=1S/C20H19N5O/c1-14-17(12-15-8-4-2-5-9-15)18(26)25-20(22-14)23-19(24-25)21-13-16-10-6-3-7-11-16/h2-11H,12-13H2,1H3,(H2,21,22,23,24). The van der Waals surface area contributed by atoms with Crippen LogP contribution in [-0.2, 0) is 13.0 Å². The molecule has 0 aliphatic carbocycles. The number of aryl methyl sites for hydroxylation is 1. The third kappa shape index (κ3) is 3.21. The Kier molecular flexibility index (Phi) is 4.23. The van der Waals surface area contributed by atoms with Crippen molar-refractivity contribution in [3.05, 3.63) is 93.4 Å². The number of rotatable bonds is 5. The van der Waals surface area contributed by atoms with Crippen molar-refractivity contribution in [1.29, 1.82) is 0 Å². The lowest BCUT2D eigenvalue weighted by atomic mass is 10.1. The lowest BCUT2D eigenvalue weighted by Crippen LogP contribution is -2.22. The summed E-state index contributed by atoms with van der Waals surface area (Å²) in [7, 11) is 0. The first-order valence-corrected chi connectivity index (χ1v) is 8.50. The first kappa shape index (κ1) is 16.1. The highest BCUT2D eigenvalue weighted by molar-refractivity contribution is 5.40. The fourth-order valence-electron chi connectivity index (χ4n) is 2.92. The molecule has 0 unspecified atom stereocenters. The maximum atomic E-state index is 12.9. The van der Waals surface area contributed by atoms with Crippen LogP contribution >= 0.6 is 0 Å². The molecule has 2 aromatic heterocycles. The van der Waals surface area contributed by atoms with Gasteiger partial charge in [0.25, 0.3) is 11.3 Å². The van der Waals surface area contributed by atoms with Crippen LogP contribution in [0.25, 0.3) is 5.78 Å². The van der Waals surface area contributed by atoms with E-state index in [-0.39, 0.29) is 5.56 Å². The van der Waals surface area contributed by atoms with Gasteiger partial charge in [0.15, 0.2) is 0 Å². The van der Waals surface area contributed by atoms with Gasteiger partial charge < -0.3 is 5.32 Å². The molecule has 0 amide bonds. The summed E-state index contributed by atoms with van der Waals surface area (Å²) in [5.41, 5.74) is 3.48. The summed E-state index contributed by atoms with van der Waals surface area (Å²) >= 11 is 0. The minimum Gasteiger partial charge on any atom is -0.351 e. The molecule has 26 heavy (non-hydrogen) atoms. The van der Waals surface area contributed by atoms with Gasteiger partial charge in [-0.1, -0.05) is 60.7 Å².